The molecule has 9 nitrogen and oxygen atoms in total. The molecule has 0 bridgehead atoms. The van der Waals surface area contributed by atoms with Gasteiger partial charge in [0.25, 0.3) is 0 Å². The van der Waals surface area contributed by atoms with E-state index in [-0.39, 0.29) is 0 Å². The van der Waals surface area contributed by atoms with Gasteiger partial charge in [0.05, 0.1) is 5.92 Å². The Balaban J connectivity index is 5.04. The smallest absolute Gasteiger partial charge is 0.335 e. The highest BCUT2D eigenvalue weighted by Gasteiger charge is 2.39. The number of carboxylic acids is 4. The minimum absolute atomic E-state index is 0.797. The van der Waals surface area contributed by atoms with Gasteiger partial charge in [-0.25, -0.2) is 4.79 Å². The van der Waals surface area contributed by atoms with Gasteiger partial charge in [-0.1, -0.05) is 0 Å². The molecule has 0 aromatic heterocycles. The lowest BCUT2D eigenvalue weighted by molar-refractivity contribution is -0.162. The number of carbonyl (C=O) groups is 4. The summed E-state index contributed by atoms with van der Waals surface area (Å²) in [5, 5.41) is 44.2. The van der Waals surface area contributed by atoms with Gasteiger partial charge in [-0.3, -0.25) is 14.4 Å². The number of hydrogen-bond donors (Lipinski definition) is 5. The number of aliphatic hydroxyl groups is 1. The summed E-state index contributed by atoms with van der Waals surface area (Å²) in [5.41, 5.74) is -2.38. The molecular formula is C10H14O9. The van der Waals surface area contributed by atoms with Gasteiger partial charge < -0.3 is 25.5 Å². The first-order valence-corrected chi connectivity index (χ1v) is 5.13. The van der Waals surface area contributed by atoms with Crippen LogP contribution >= 0.6 is 0 Å². The van der Waals surface area contributed by atoms with Crippen molar-refractivity contribution in [3.63, 3.8) is 0 Å². The van der Waals surface area contributed by atoms with Crippen LogP contribution in [0.5, 0.6) is 0 Å². The van der Waals surface area contributed by atoms with Crippen LogP contribution < -0.4 is 0 Å². The Morgan fingerprint density at radius 3 is 1.63 bits per heavy atom. The first-order chi connectivity index (χ1) is 8.49. The van der Waals surface area contributed by atoms with Crippen molar-refractivity contribution in [3.05, 3.63) is 0 Å². The topological polar surface area (TPSA) is 169 Å². The first-order valence-electron chi connectivity index (χ1n) is 5.13. The maximum absolute atomic E-state index is 10.9. The first kappa shape index (κ1) is 16.8. The SMILES string of the molecule is CC(O)(CC(CC(C(=O)O)C(=O)O)C(=O)O)C(=O)O. The molecule has 0 saturated carbocycles. The molecule has 0 aliphatic rings. The summed E-state index contributed by atoms with van der Waals surface area (Å²) in [5.74, 6) is -10.3. The third-order valence-electron chi connectivity index (χ3n) is 2.57. The van der Waals surface area contributed by atoms with Crippen LogP contribution in [0.4, 0.5) is 0 Å². The Hall–Kier alpha value is -2.16. The minimum Gasteiger partial charge on any atom is -0.481 e. The van der Waals surface area contributed by atoms with E-state index in [2.05, 4.69) is 0 Å². The van der Waals surface area contributed by atoms with E-state index in [1.165, 1.54) is 0 Å². The standard InChI is InChI=1S/C10H14O9/c1-10(19,9(17)18)3-4(6(11)12)2-5(7(13)14)8(15)16/h4-5,19H,2-3H2,1H3,(H,11,12)(H,13,14)(H,15,16)(H,17,18). The summed E-state index contributed by atoms with van der Waals surface area (Å²) in [6.07, 6.45) is -1.61. The fourth-order valence-electron chi connectivity index (χ4n) is 1.43. The molecular weight excluding hydrogens is 264 g/mol. The van der Waals surface area contributed by atoms with Gasteiger partial charge in [-0.15, -0.1) is 0 Å². The van der Waals surface area contributed by atoms with E-state index in [0.717, 1.165) is 6.92 Å². The fraction of sp³-hybridized carbons (Fsp3) is 0.600. The quantitative estimate of drug-likeness (QED) is 0.352. The molecule has 2 atom stereocenters. The lowest BCUT2D eigenvalue weighted by Gasteiger charge is -2.23. The van der Waals surface area contributed by atoms with Crippen LogP contribution in [0.25, 0.3) is 0 Å². The average molecular weight is 278 g/mol. The molecule has 0 aliphatic heterocycles. The lowest BCUT2D eigenvalue weighted by atomic mass is 9.85. The Labute approximate surface area is 107 Å². The Morgan fingerprint density at radius 2 is 1.37 bits per heavy atom. The van der Waals surface area contributed by atoms with Crippen LogP contribution in [0.15, 0.2) is 0 Å². The number of aliphatic carboxylic acids is 4. The third-order valence-corrected chi connectivity index (χ3v) is 2.57. The van der Waals surface area contributed by atoms with Crippen molar-refractivity contribution in [1.82, 2.24) is 0 Å². The zero-order valence-corrected chi connectivity index (χ0v) is 9.94. The maximum Gasteiger partial charge on any atom is 0.335 e. The van der Waals surface area contributed by atoms with Gasteiger partial charge in [0.2, 0.25) is 0 Å². The van der Waals surface area contributed by atoms with Crippen molar-refractivity contribution >= 4 is 23.9 Å². The van der Waals surface area contributed by atoms with Crippen molar-refractivity contribution in [2.24, 2.45) is 11.8 Å². The number of carboxylic acid groups (broad SMARTS) is 4. The molecule has 2 unspecified atom stereocenters. The van der Waals surface area contributed by atoms with E-state index >= 15 is 0 Å². The number of rotatable bonds is 8. The van der Waals surface area contributed by atoms with Crippen molar-refractivity contribution in [2.75, 3.05) is 0 Å². The van der Waals surface area contributed by atoms with Crippen molar-refractivity contribution in [2.45, 2.75) is 25.4 Å². The van der Waals surface area contributed by atoms with Crippen molar-refractivity contribution in [1.29, 1.82) is 0 Å². The van der Waals surface area contributed by atoms with Gasteiger partial charge in [-0.05, 0) is 19.8 Å². The van der Waals surface area contributed by atoms with Crippen LogP contribution in [0.3, 0.4) is 0 Å². The number of hydrogen-bond acceptors (Lipinski definition) is 5. The van der Waals surface area contributed by atoms with E-state index in [9.17, 15) is 24.3 Å². The summed E-state index contributed by atoms with van der Waals surface area (Å²) in [4.78, 5) is 42.8. The minimum atomic E-state index is -2.38. The second-order valence-electron chi connectivity index (χ2n) is 4.28. The fourth-order valence-corrected chi connectivity index (χ4v) is 1.43. The highest BCUT2D eigenvalue weighted by atomic mass is 16.4. The van der Waals surface area contributed by atoms with Crippen LogP contribution in [0.2, 0.25) is 0 Å². The Kier molecular flexibility index (Phi) is 5.44. The van der Waals surface area contributed by atoms with Crippen LogP contribution in [-0.2, 0) is 19.2 Å². The highest BCUT2D eigenvalue weighted by Crippen LogP contribution is 2.24. The van der Waals surface area contributed by atoms with E-state index in [0.29, 0.717) is 0 Å². The molecule has 0 aliphatic carbocycles. The molecule has 0 fully saturated rings. The molecule has 0 amide bonds. The molecule has 108 valence electrons. The molecule has 19 heavy (non-hydrogen) atoms. The second kappa shape index (κ2) is 6.14. The van der Waals surface area contributed by atoms with Gasteiger partial charge >= 0.3 is 23.9 Å². The van der Waals surface area contributed by atoms with Gasteiger partial charge in [0, 0.05) is 0 Å². The summed E-state index contributed by atoms with van der Waals surface area (Å²) in [7, 11) is 0. The molecule has 0 aromatic carbocycles. The summed E-state index contributed by atoms with van der Waals surface area (Å²) in [6, 6.07) is 0. The van der Waals surface area contributed by atoms with Crippen LogP contribution in [0, 0.1) is 11.8 Å². The van der Waals surface area contributed by atoms with E-state index in [1.807, 2.05) is 0 Å². The second-order valence-corrected chi connectivity index (χ2v) is 4.28. The van der Waals surface area contributed by atoms with Gasteiger partial charge in [0.1, 0.15) is 0 Å². The van der Waals surface area contributed by atoms with Crippen molar-refractivity contribution < 1.29 is 44.7 Å². The van der Waals surface area contributed by atoms with E-state index in [1.54, 1.807) is 0 Å². The molecule has 5 N–H and O–H groups in total. The molecule has 9 heteroatoms. The van der Waals surface area contributed by atoms with E-state index < -0.39 is 54.2 Å². The maximum atomic E-state index is 10.9. The van der Waals surface area contributed by atoms with E-state index in [4.69, 9.17) is 20.4 Å². The summed E-state index contributed by atoms with van der Waals surface area (Å²) >= 11 is 0. The predicted molar refractivity (Wildman–Crippen MR) is 57.4 cm³/mol. The lowest BCUT2D eigenvalue weighted by Crippen LogP contribution is -2.40. The molecule has 0 heterocycles. The Morgan fingerprint density at radius 1 is 0.947 bits per heavy atom. The largest absolute Gasteiger partial charge is 0.481 e. The Bertz CT molecular complexity index is 384. The zero-order valence-electron chi connectivity index (χ0n) is 9.94. The van der Waals surface area contributed by atoms with Crippen LogP contribution in [0.1, 0.15) is 19.8 Å². The summed E-state index contributed by atoms with van der Waals surface area (Å²) < 4.78 is 0. The summed E-state index contributed by atoms with van der Waals surface area (Å²) in [6.45, 7) is 0.849. The van der Waals surface area contributed by atoms with Crippen molar-refractivity contribution in [3.8, 4) is 0 Å². The zero-order chi connectivity index (χ0) is 15.4. The molecule has 0 spiro atoms. The normalized spacial score (nSPS) is 15.5. The third kappa shape index (κ3) is 4.92. The van der Waals surface area contributed by atoms with Gasteiger partial charge in [0.15, 0.2) is 11.5 Å². The average Bonchev–Trinajstić information content (AvgIpc) is 2.21. The molecule has 0 rings (SSSR count). The van der Waals surface area contributed by atoms with Gasteiger partial charge in [-0.2, -0.15) is 0 Å². The highest BCUT2D eigenvalue weighted by molar-refractivity contribution is 5.93. The molecule has 0 saturated heterocycles. The predicted octanol–water partition coefficient (Wildman–Crippen LogP) is -0.912. The monoisotopic (exact) mass is 278 g/mol. The molecule has 0 aromatic rings. The molecule has 0 radical (unpaired) electrons. The van der Waals surface area contributed by atoms with Crippen LogP contribution in [-0.4, -0.2) is 55.0 Å².